The third-order valence-electron chi connectivity index (χ3n) is 5.55. The number of aromatic nitrogens is 2. The van der Waals surface area contributed by atoms with Crippen LogP contribution in [0, 0.1) is 5.82 Å². The first kappa shape index (κ1) is 29.9. The predicted octanol–water partition coefficient (Wildman–Crippen LogP) is 4.27. The van der Waals surface area contributed by atoms with Crippen LogP contribution < -0.4 is 27.6 Å². The highest BCUT2D eigenvalue weighted by Gasteiger charge is 2.18. The highest BCUT2D eigenvalue weighted by atomic mass is 19.1. The summed E-state index contributed by atoms with van der Waals surface area (Å²) in [4.78, 5) is 37.3. The average Bonchev–Trinajstić information content (AvgIpc) is 2.88. The molecule has 0 bridgehead atoms. The van der Waals surface area contributed by atoms with Crippen LogP contribution in [0.3, 0.4) is 0 Å². The Kier molecular flexibility index (Phi) is 11.3. The van der Waals surface area contributed by atoms with Crippen molar-refractivity contribution in [2.75, 3.05) is 22.9 Å². The van der Waals surface area contributed by atoms with E-state index < -0.39 is 23.0 Å². The van der Waals surface area contributed by atoms with Gasteiger partial charge in [-0.15, -0.1) is 0 Å². The number of anilines is 3. The number of nitrogens with zero attached hydrogens (tertiary/aromatic N) is 2. The Bertz CT molecular complexity index is 1360. The Morgan fingerprint density at radius 1 is 1.08 bits per heavy atom. The minimum Gasteiger partial charge on any atom is -0.481 e. The first-order valence-electron chi connectivity index (χ1n) is 12.5. The molecule has 0 unspecified atom stereocenters. The maximum absolute atomic E-state index is 14.3. The molecule has 1 aromatic heterocycles. The van der Waals surface area contributed by atoms with Gasteiger partial charge < -0.3 is 21.5 Å². The van der Waals surface area contributed by atoms with Crippen molar-refractivity contribution in [3.8, 4) is 0 Å². The minimum atomic E-state index is -1.01. The number of nitrogens with one attached hydrogen (secondary N) is 2. The number of carbonyl (C=O) groups is 1. The summed E-state index contributed by atoms with van der Waals surface area (Å²) < 4.78 is 16.3. The molecular weight excluding hydrogens is 489 g/mol. The molecule has 0 aliphatic carbocycles. The number of carboxylic acid groups (broad SMARTS) is 1. The van der Waals surface area contributed by atoms with Gasteiger partial charge in [-0.2, -0.15) is 0 Å². The van der Waals surface area contributed by atoms with Gasteiger partial charge in [0.05, 0.1) is 6.54 Å². The lowest BCUT2D eigenvalue weighted by Gasteiger charge is -2.18. The molecule has 0 saturated heterocycles. The molecule has 204 valence electrons. The fourth-order valence-corrected chi connectivity index (χ4v) is 3.76. The van der Waals surface area contributed by atoms with E-state index in [9.17, 15) is 18.8 Å². The van der Waals surface area contributed by atoms with Gasteiger partial charge in [-0.1, -0.05) is 50.8 Å². The molecule has 9 nitrogen and oxygen atoms in total. The third kappa shape index (κ3) is 8.09. The Hall–Kier alpha value is -4.34. The Balaban J connectivity index is 0.00000247. The van der Waals surface area contributed by atoms with E-state index in [1.807, 2.05) is 45.0 Å². The summed E-state index contributed by atoms with van der Waals surface area (Å²) in [6.45, 7) is 9.74. The molecular formula is C28H36FN5O4. The van der Waals surface area contributed by atoms with Crippen molar-refractivity contribution in [1.82, 2.24) is 9.13 Å². The largest absolute Gasteiger partial charge is 0.481 e. The zero-order chi connectivity index (χ0) is 28.2. The van der Waals surface area contributed by atoms with Gasteiger partial charge in [0.2, 0.25) is 0 Å². The number of nitrogens with two attached hydrogens (primary N) is 1. The lowest BCUT2D eigenvalue weighted by atomic mass is 10.1. The molecule has 0 fully saturated rings. The molecule has 2 aromatic carbocycles. The Labute approximate surface area is 221 Å². The number of allylic oxidation sites excluding steroid dienone is 1. The van der Waals surface area contributed by atoms with Crippen LogP contribution in [0.15, 0.2) is 70.4 Å². The number of hydrogen-bond donors (Lipinski definition) is 4. The van der Waals surface area contributed by atoms with Crippen molar-refractivity contribution in [3.05, 3.63) is 98.6 Å². The van der Waals surface area contributed by atoms with E-state index in [0.29, 0.717) is 13.0 Å². The number of carboxylic acids is 1. The molecule has 10 heteroatoms. The number of halogens is 1. The molecule has 0 radical (unpaired) electrons. The molecule has 5 N–H and O–H groups in total. The van der Waals surface area contributed by atoms with E-state index in [1.54, 1.807) is 6.07 Å². The highest BCUT2D eigenvalue weighted by Crippen LogP contribution is 2.15. The summed E-state index contributed by atoms with van der Waals surface area (Å²) in [5.74, 6) is -1.64. The van der Waals surface area contributed by atoms with Crippen LogP contribution in [0.5, 0.6) is 0 Å². The highest BCUT2D eigenvalue weighted by molar-refractivity contribution is 5.66. The first-order valence-corrected chi connectivity index (χ1v) is 12.5. The predicted molar refractivity (Wildman–Crippen MR) is 150 cm³/mol. The van der Waals surface area contributed by atoms with Crippen LogP contribution in [0.1, 0.15) is 44.7 Å². The van der Waals surface area contributed by atoms with E-state index in [-0.39, 0.29) is 43.0 Å². The van der Waals surface area contributed by atoms with Gasteiger partial charge in [0.25, 0.3) is 5.56 Å². The van der Waals surface area contributed by atoms with E-state index in [2.05, 4.69) is 17.2 Å². The van der Waals surface area contributed by atoms with E-state index in [4.69, 9.17) is 10.8 Å². The maximum atomic E-state index is 14.3. The van der Waals surface area contributed by atoms with Gasteiger partial charge in [0.1, 0.15) is 17.3 Å². The number of nitrogen functional groups attached to an aromatic ring is 1. The monoisotopic (exact) mass is 525 g/mol. The Morgan fingerprint density at radius 3 is 2.34 bits per heavy atom. The summed E-state index contributed by atoms with van der Waals surface area (Å²) >= 11 is 0. The average molecular weight is 526 g/mol. The van der Waals surface area contributed by atoms with Gasteiger partial charge >= 0.3 is 11.7 Å². The second-order valence-electron chi connectivity index (χ2n) is 8.45. The first-order chi connectivity index (χ1) is 18.2. The lowest BCUT2D eigenvalue weighted by molar-refractivity contribution is -0.137. The van der Waals surface area contributed by atoms with E-state index in [1.165, 1.54) is 18.2 Å². The summed E-state index contributed by atoms with van der Waals surface area (Å²) in [5, 5.41) is 15.1. The second-order valence-corrected chi connectivity index (χ2v) is 8.45. The lowest BCUT2D eigenvalue weighted by Crippen LogP contribution is -2.43. The number of benzene rings is 2. The van der Waals surface area contributed by atoms with Crippen LogP contribution >= 0.6 is 0 Å². The zero-order valence-corrected chi connectivity index (χ0v) is 22.1. The van der Waals surface area contributed by atoms with Crippen molar-refractivity contribution in [3.63, 3.8) is 0 Å². The fraction of sp³-hybridized carbons (Fsp3) is 0.321. The third-order valence-corrected chi connectivity index (χ3v) is 5.55. The number of aliphatic carboxylic acids is 1. The molecule has 0 aliphatic heterocycles. The quantitative estimate of drug-likeness (QED) is 0.278. The van der Waals surface area contributed by atoms with Crippen molar-refractivity contribution in [2.45, 2.75) is 53.1 Å². The smallest absolute Gasteiger partial charge is 0.332 e. The molecule has 1 heterocycles. The molecule has 38 heavy (non-hydrogen) atoms. The molecule has 3 aromatic rings. The molecule has 0 amide bonds. The van der Waals surface area contributed by atoms with Crippen LogP contribution in [-0.4, -0.2) is 26.8 Å². The van der Waals surface area contributed by atoms with Crippen LogP contribution in [0.25, 0.3) is 0 Å². The van der Waals surface area contributed by atoms with E-state index >= 15 is 0 Å². The van der Waals surface area contributed by atoms with Crippen molar-refractivity contribution >= 4 is 23.2 Å². The molecule has 3 rings (SSSR count). The normalized spacial score (nSPS) is 10.3. The standard InChI is InChI=1S/C26H30FN5O4.C2H6/c1-17(2)30-20-11-9-18(10-12-20)13-14-29-23-24(28)31(15-5-8-22(33)34)26(36)32(25(23)35)16-19-6-3-4-7-21(19)27;1-2/h3-4,6-7,9-12,29-30H,1,5,8,13-16,28H2,2H3,(H,33,34);1-2H3. The minimum absolute atomic E-state index is 0.000378. The molecule has 0 aliphatic rings. The number of hydrogen-bond acceptors (Lipinski definition) is 6. The summed E-state index contributed by atoms with van der Waals surface area (Å²) in [7, 11) is 0. The van der Waals surface area contributed by atoms with Crippen LogP contribution in [0.2, 0.25) is 0 Å². The van der Waals surface area contributed by atoms with Crippen molar-refractivity contribution in [1.29, 1.82) is 0 Å². The summed E-state index contributed by atoms with van der Waals surface area (Å²) in [6.07, 6.45) is 0.538. The second kappa shape index (κ2) is 14.4. The molecule has 0 saturated carbocycles. The zero-order valence-electron chi connectivity index (χ0n) is 22.1. The van der Waals surface area contributed by atoms with Gasteiger partial charge in [0, 0.05) is 36.5 Å². The Morgan fingerprint density at radius 2 is 1.74 bits per heavy atom. The van der Waals surface area contributed by atoms with Crippen molar-refractivity contribution < 1.29 is 14.3 Å². The summed E-state index contributed by atoms with van der Waals surface area (Å²) in [5.41, 5.74) is 7.73. The summed E-state index contributed by atoms with van der Waals surface area (Å²) in [6, 6.07) is 13.6. The molecule has 0 atom stereocenters. The van der Waals surface area contributed by atoms with E-state index in [0.717, 1.165) is 26.1 Å². The topological polar surface area (TPSA) is 131 Å². The fourth-order valence-electron chi connectivity index (χ4n) is 3.76. The SMILES string of the molecule is C=C(C)Nc1ccc(CCNc2c(N)n(CCCC(=O)O)c(=O)n(Cc3ccccc3F)c2=O)cc1.CC. The van der Waals surface area contributed by atoms with Gasteiger partial charge in [0.15, 0.2) is 0 Å². The maximum Gasteiger partial charge on any atom is 0.332 e. The van der Waals surface area contributed by atoms with Crippen LogP contribution in [-0.2, 0) is 24.3 Å². The van der Waals surface area contributed by atoms with Gasteiger partial charge in [-0.05, 0) is 43.5 Å². The van der Waals surface area contributed by atoms with Crippen LogP contribution in [0.4, 0.5) is 21.6 Å². The van der Waals surface area contributed by atoms with Crippen molar-refractivity contribution in [2.24, 2.45) is 0 Å². The number of rotatable bonds is 12. The molecule has 0 spiro atoms. The van der Waals surface area contributed by atoms with Gasteiger partial charge in [-0.25, -0.2) is 9.18 Å². The van der Waals surface area contributed by atoms with Gasteiger partial charge in [-0.3, -0.25) is 18.7 Å².